The molecular weight excluding hydrogens is 404 g/mol. The molecule has 1 aliphatic rings. The Morgan fingerprint density at radius 1 is 1.00 bits per heavy atom. The molecule has 0 aliphatic carbocycles. The molecule has 7 heteroatoms. The second kappa shape index (κ2) is 9.26. The van der Waals surface area contributed by atoms with Gasteiger partial charge in [0.25, 0.3) is 5.56 Å². The molecule has 0 atom stereocenters. The summed E-state index contributed by atoms with van der Waals surface area (Å²) >= 11 is 0. The van der Waals surface area contributed by atoms with Gasteiger partial charge in [0.15, 0.2) is 0 Å². The fourth-order valence-electron chi connectivity index (χ4n) is 3.97. The predicted octanol–water partition coefficient (Wildman–Crippen LogP) is 2.88. The van der Waals surface area contributed by atoms with Crippen LogP contribution in [0, 0.1) is 13.8 Å². The molecule has 2 heterocycles. The van der Waals surface area contributed by atoms with Gasteiger partial charge in [-0.15, -0.1) is 0 Å². The molecule has 0 unspecified atom stereocenters. The molecule has 7 nitrogen and oxygen atoms in total. The van der Waals surface area contributed by atoms with Gasteiger partial charge in [-0.1, -0.05) is 23.8 Å². The molecule has 0 N–H and O–H groups in total. The molecule has 2 aromatic carbocycles. The topological polar surface area (TPSA) is 67.7 Å². The molecule has 1 aromatic heterocycles. The van der Waals surface area contributed by atoms with E-state index in [1.54, 1.807) is 18.1 Å². The van der Waals surface area contributed by atoms with Gasteiger partial charge in [-0.05, 0) is 43.7 Å². The molecule has 1 fully saturated rings. The Kier molecular flexibility index (Phi) is 6.25. The standard InChI is InChI=1S/C25H28N4O3/c1-18-7-8-19(2)22(15-18)23-9-10-24(30)29(26-23)17-25(31)28-13-11-27(12-14-28)20-5-4-6-21(16-20)32-3/h4-10,15-16H,11-14,17H2,1-3H3. The van der Waals surface area contributed by atoms with Crippen molar-refractivity contribution in [1.82, 2.24) is 14.7 Å². The minimum atomic E-state index is -0.276. The zero-order chi connectivity index (χ0) is 22.7. The van der Waals surface area contributed by atoms with Gasteiger partial charge >= 0.3 is 0 Å². The van der Waals surface area contributed by atoms with Gasteiger partial charge in [0, 0.05) is 49.6 Å². The molecule has 32 heavy (non-hydrogen) atoms. The fourth-order valence-corrected chi connectivity index (χ4v) is 3.97. The van der Waals surface area contributed by atoms with E-state index in [1.165, 1.54) is 10.7 Å². The van der Waals surface area contributed by atoms with Crippen LogP contribution in [0.2, 0.25) is 0 Å². The maximum atomic E-state index is 12.9. The van der Waals surface area contributed by atoms with Crippen LogP contribution in [0.1, 0.15) is 11.1 Å². The van der Waals surface area contributed by atoms with Crippen molar-refractivity contribution in [3.8, 4) is 17.0 Å². The van der Waals surface area contributed by atoms with Crippen LogP contribution in [-0.2, 0) is 11.3 Å². The number of hydrogen-bond donors (Lipinski definition) is 0. The number of aryl methyl sites for hydroxylation is 2. The first-order valence-electron chi connectivity index (χ1n) is 10.8. The quantitative estimate of drug-likeness (QED) is 0.620. The van der Waals surface area contributed by atoms with Crippen molar-refractivity contribution < 1.29 is 9.53 Å². The van der Waals surface area contributed by atoms with E-state index < -0.39 is 0 Å². The lowest BCUT2D eigenvalue weighted by molar-refractivity contribution is -0.132. The highest BCUT2D eigenvalue weighted by Gasteiger charge is 2.22. The van der Waals surface area contributed by atoms with Crippen LogP contribution in [0.5, 0.6) is 5.75 Å². The number of aromatic nitrogens is 2. The minimum Gasteiger partial charge on any atom is -0.497 e. The molecule has 0 spiro atoms. The molecule has 3 aromatic rings. The molecule has 4 rings (SSSR count). The third-order valence-electron chi connectivity index (χ3n) is 5.87. The summed E-state index contributed by atoms with van der Waals surface area (Å²) in [5, 5.41) is 4.49. The highest BCUT2D eigenvalue weighted by atomic mass is 16.5. The van der Waals surface area contributed by atoms with Crippen LogP contribution in [0.3, 0.4) is 0 Å². The molecular formula is C25H28N4O3. The van der Waals surface area contributed by atoms with E-state index in [2.05, 4.69) is 10.00 Å². The van der Waals surface area contributed by atoms with Gasteiger partial charge < -0.3 is 14.5 Å². The third kappa shape index (κ3) is 4.66. The summed E-state index contributed by atoms with van der Waals surface area (Å²) < 4.78 is 6.58. The van der Waals surface area contributed by atoms with Crippen molar-refractivity contribution in [1.29, 1.82) is 0 Å². The van der Waals surface area contributed by atoms with Gasteiger partial charge in [-0.3, -0.25) is 9.59 Å². The Morgan fingerprint density at radius 2 is 1.78 bits per heavy atom. The summed E-state index contributed by atoms with van der Waals surface area (Å²) in [7, 11) is 1.65. The SMILES string of the molecule is COc1cccc(N2CCN(C(=O)Cn3nc(-c4cc(C)ccc4C)ccc3=O)CC2)c1. The molecule has 166 valence electrons. The van der Waals surface area contributed by atoms with E-state index in [9.17, 15) is 9.59 Å². The lowest BCUT2D eigenvalue weighted by Gasteiger charge is -2.36. The zero-order valence-electron chi connectivity index (χ0n) is 18.7. The maximum Gasteiger partial charge on any atom is 0.267 e. The minimum absolute atomic E-state index is 0.0588. The van der Waals surface area contributed by atoms with Gasteiger partial charge in [0.2, 0.25) is 5.91 Å². The highest BCUT2D eigenvalue weighted by molar-refractivity contribution is 5.76. The molecule has 1 saturated heterocycles. The van der Waals surface area contributed by atoms with Crippen LogP contribution >= 0.6 is 0 Å². The number of anilines is 1. The van der Waals surface area contributed by atoms with Gasteiger partial charge in [-0.2, -0.15) is 5.10 Å². The molecule has 1 aliphatic heterocycles. The van der Waals surface area contributed by atoms with Crippen molar-refractivity contribution in [2.24, 2.45) is 0 Å². The van der Waals surface area contributed by atoms with E-state index in [0.717, 1.165) is 41.2 Å². The Morgan fingerprint density at radius 3 is 2.53 bits per heavy atom. The first-order valence-corrected chi connectivity index (χ1v) is 10.8. The predicted molar refractivity (Wildman–Crippen MR) is 125 cm³/mol. The number of hydrogen-bond acceptors (Lipinski definition) is 5. The Labute approximate surface area is 187 Å². The maximum absolute atomic E-state index is 12.9. The fraction of sp³-hybridized carbons (Fsp3) is 0.320. The number of rotatable bonds is 5. The Hall–Kier alpha value is -3.61. The number of methoxy groups -OCH3 is 1. The number of carbonyl (C=O) groups is 1. The van der Waals surface area contributed by atoms with Gasteiger partial charge in [-0.25, -0.2) is 4.68 Å². The molecule has 0 radical (unpaired) electrons. The average molecular weight is 433 g/mol. The van der Waals surface area contributed by atoms with Crippen LogP contribution in [0.15, 0.2) is 59.4 Å². The van der Waals surface area contributed by atoms with Crippen molar-refractivity contribution >= 4 is 11.6 Å². The molecule has 0 saturated carbocycles. The van der Waals surface area contributed by atoms with E-state index >= 15 is 0 Å². The van der Waals surface area contributed by atoms with Crippen LogP contribution in [0.4, 0.5) is 5.69 Å². The van der Waals surface area contributed by atoms with E-state index in [0.29, 0.717) is 18.8 Å². The van der Waals surface area contributed by atoms with E-state index in [4.69, 9.17) is 4.74 Å². The second-order valence-electron chi connectivity index (χ2n) is 8.10. The van der Waals surface area contributed by atoms with E-state index in [-0.39, 0.29) is 18.0 Å². The summed E-state index contributed by atoms with van der Waals surface area (Å²) in [6.45, 7) is 6.62. The van der Waals surface area contributed by atoms with E-state index in [1.807, 2.05) is 56.3 Å². The van der Waals surface area contributed by atoms with Gasteiger partial charge in [0.1, 0.15) is 12.3 Å². The second-order valence-corrected chi connectivity index (χ2v) is 8.10. The van der Waals surface area contributed by atoms with Crippen molar-refractivity contribution in [3.63, 3.8) is 0 Å². The highest BCUT2D eigenvalue weighted by Crippen LogP contribution is 2.23. The monoisotopic (exact) mass is 432 g/mol. The molecule has 0 bridgehead atoms. The van der Waals surface area contributed by atoms with Gasteiger partial charge in [0.05, 0.1) is 12.8 Å². The van der Waals surface area contributed by atoms with Crippen molar-refractivity contribution in [2.75, 3.05) is 38.2 Å². The van der Waals surface area contributed by atoms with Crippen molar-refractivity contribution in [2.45, 2.75) is 20.4 Å². The number of benzene rings is 2. The summed E-state index contributed by atoms with van der Waals surface area (Å²) in [6, 6.07) is 17.3. The summed E-state index contributed by atoms with van der Waals surface area (Å²) in [6.07, 6.45) is 0. The number of nitrogens with zero attached hydrogens (tertiary/aromatic N) is 4. The normalized spacial score (nSPS) is 13.8. The lowest BCUT2D eigenvalue weighted by atomic mass is 10.0. The first kappa shape index (κ1) is 21.6. The number of ether oxygens (including phenoxy) is 1. The lowest BCUT2D eigenvalue weighted by Crippen LogP contribution is -2.50. The van der Waals surface area contributed by atoms with Crippen molar-refractivity contribution in [3.05, 3.63) is 76.1 Å². The van der Waals surface area contributed by atoms with Crippen LogP contribution < -0.4 is 15.2 Å². The number of carbonyl (C=O) groups excluding carboxylic acids is 1. The first-order chi connectivity index (χ1) is 15.4. The smallest absolute Gasteiger partial charge is 0.267 e. The van der Waals surface area contributed by atoms with Crippen LogP contribution in [-0.4, -0.2) is 53.9 Å². The Bertz CT molecular complexity index is 1180. The Balaban J connectivity index is 1.44. The third-order valence-corrected chi connectivity index (χ3v) is 5.87. The summed E-state index contributed by atoms with van der Waals surface area (Å²) in [5.41, 5.74) is 4.67. The zero-order valence-corrected chi connectivity index (χ0v) is 18.7. The summed E-state index contributed by atoms with van der Waals surface area (Å²) in [5.74, 6) is 0.721. The molecule has 1 amide bonds. The summed E-state index contributed by atoms with van der Waals surface area (Å²) in [4.78, 5) is 29.3. The van der Waals surface area contributed by atoms with Crippen LogP contribution in [0.25, 0.3) is 11.3 Å². The average Bonchev–Trinajstić information content (AvgIpc) is 2.82. The number of amides is 1. The number of piperazine rings is 1. The largest absolute Gasteiger partial charge is 0.497 e.